The smallest absolute Gasteiger partial charge is 0.309 e. The molecule has 0 heterocycles. The molecule has 4 heteroatoms. The lowest BCUT2D eigenvalue weighted by Gasteiger charge is -2.62. The summed E-state index contributed by atoms with van der Waals surface area (Å²) in [7, 11) is 0. The monoisotopic (exact) mass is 286 g/mol. The Hall–Kier alpha value is -0.610. The molecule has 0 aliphatic heterocycles. The standard InChI is InChI=1S/C16H30O4/c1-8-18-12(4)20-13-10-16(7,15(13,5)6)11(3)14(17)19-9-2/h11-13H,8-10H2,1-7H3. The van der Waals surface area contributed by atoms with Gasteiger partial charge >= 0.3 is 5.97 Å². The largest absolute Gasteiger partial charge is 0.466 e. The van der Waals surface area contributed by atoms with Crippen LogP contribution in [0.2, 0.25) is 0 Å². The first-order valence-corrected chi connectivity index (χ1v) is 7.64. The van der Waals surface area contributed by atoms with Gasteiger partial charge in [-0.05, 0) is 38.0 Å². The van der Waals surface area contributed by atoms with Crippen LogP contribution < -0.4 is 0 Å². The van der Waals surface area contributed by atoms with Crippen molar-refractivity contribution in [3.63, 3.8) is 0 Å². The van der Waals surface area contributed by atoms with Crippen LogP contribution in [0.25, 0.3) is 0 Å². The Morgan fingerprint density at radius 3 is 2.25 bits per heavy atom. The summed E-state index contributed by atoms with van der Waals surface area (Å²) < 4.78 is 16.6. The maximum atomic E-state index is 12.0. The maximum absolute atomic E-state index is 12.0. The zero-order chi connectivity index (χ0) is 15.6. The molecule has 0 aromatic carbocycles. The topological polar surface area (TPSA) is 44.8 Å². The first-order chi connectivity index (χ1) is 9.20. The van der Waals surface area contributed by atoms with Crippen LogP contribution in [0.4, 0.5) is 0 Å². The quantitative estimate of drug-likeness (QED) is 0.531. The predicted octanol–water partition coefficient (Wildman–Crippen LogP) is 3.39. The second kappa shape index (κ2) is 6.44. The molecule has 0 amide bonds. The second-order valence-electron chi connectivity index (χ2n) is 6.46. The number of rotatable bonds is 7. The molecule has 1 aliphatic carbocycles. The van der Waals surface area contributed by atoms with E-state index >= 15 is 0 Å². The fourth-order valence-corrected chi connectivity index (χ4v) is 3.13. The van der Waals surface area contributed by atoms with Gasteiger partial charge in [0.05, 0.1) is 18.6 Å². The van der Waals surface area contributed by atoms with E-state index in [9.17, 15) is 4.79 Å². The molecule has 0 bridgehead atoms. The van der Waals surface area contributed by atoms with E-state index in [1.54, 1.807) is 0 Å². The highest BCUT2D eigenvalue weighted by Gasteiger charge is 2.62. The van der Waals surface area contributed by atoms with Crippen LogP contribution >= 0.6 is 0 Å². The van der Waals surface area contributed by atoms with E-state index in [0.29, 0.717) is 13.2 Å². The summed E-state index contributed by atoms with van der Waals surface area (Å²) in [5, 5.41) is 0. The van der Waals surface area contributed by atoms with Crippen LogP contribution in [0.5, 0.6) is 0 Å². The summed E-state index contributed by atoms with van der Waals surface area (Å²) in [5.74, 6) is -0.237. The van der Waals surface area contributed by atoms with Gasteiger partial charge in [-0.15, -0.1) is 0 Å². The zero-order valence-electron chi connectivity index (χ0n) is 14.0. The van der Waals surface area contributed by atoms with Gasteiger partial charge in [-0.25, -0.2) is 0 Å². The Morgan fingerprint density at radius 2 is 1.80 bits per heavy atom. The third-order valence-corrected chi connectivity index (χ3v) is 5.24. The van der Waals surface area contributed by atoms with E-state index < -0.39 is 0 Å². The average molecular weight is 286 g/mol. The van der Waals surface area contributed by atoms with Crippen LogP contribution in [0, 0.1) is 16.7 Å². The van der Waals surface area contributed by atoms with Gasteiger partial charge in [0.1, 0.15) is 0 Å². The van der Waals surface area contributed by atoms with Crippen molar-refractivity contribution in [2.24, 2.45) is 16.7 Å². The van der Waals surface area contributed by atoms with Gasteiger partial charge in [0.25, 0.3) is 0 Å². The lowest BCUT2D eigenvalue weighted by Crippen LogP contribution is -2.62. The molecule has 0 aromatic rings. The van der Waals surface area contributed by atoms with Crippen LogP contribution in [-0.4, -0.2) is 31.6 Å². The molecule has 0 aromatic heterocycles. The summed E-state index contributed by atoms with van der Waals surface area (Å²) in [4.78, 5) is 12.0. The summed E-state index contributed by atoms with van der Waals surface area (Å²) >= 11 is 0. The van der Waals surface area contributed by atoms with Gasteiger partial charge < -0.3 is 14.2 Å². The molecule has 118 valence electrons. The first-order valence-electron chi connectivity index (χ1n) is 7.64. The van der Waals surface area contributed by atoms with E-state index in [4.69, 9.17) is 14.2 Å². The van der Waals surface area contributed by atoms with Crippen LogP contribution in [-0.2, 0) is 19.0 Å². The Labute approximate surface area is 123 Å². The maximum Gasteiger partial charge on any atom is 0.309 e. The normalized spacial score (nSPS) is 31.2. The molecule has 4 atom stereocenters. The van der Waals surface area contributed by atoms with Crippen molar-refractivity contribution >= 4 is 5.97 Å². The highest BCUT2D eigenvalue weighted by Crippen LogP contribution is 2.61. The zero-order valence-corrected chi connectivity index (χ0v) is 14.0. The Bertz CT molecular complexity index is 339. The predicted molar refractivity (Wildman–Crippen MR) is 78.3 cm³/mol. The first kappa shape index (κ1) is 17.4. The molecule has 4 nitrogen and oxygen atoms in total. The minimum absolute atomic E-state index is 0.0788. The number of hydrogen-bond donors (Lipinski definition) is 0. The molecule has 0 spiro atoms. The Kier molecular flexibility index (Phi) is 5.61. The summed E-state index contributed by atoms with van der Waals surface area (Å²) in [6.07, 6.45) is 0.773. The lowest BCUT2D eigenvalue weighted by molar-refractivity contribution is -0.269. The number of ether oxygens (including phenoxy) is 3. The summed E-state index contributed by atoms with van der Waals surface area (Å²) in [5.41, 5.74) is -0.180. The second-order valence-corrected chi connectivity index (χ2v) is 6.46. The molecule has 1 aliphatic rings. The molecule has 1 rings (SSSR count). The van der Waals surface area contributed by atoms with E-state index in [0.717, 1.165) is 6.42 Å². The minimum Gasteiger partial charge on any atom is -0.466 e. The van der Waals surface area contributed by atoms with Gasteiger partial charge in [-0.3, -0.25) is 4.79 Å². The van der Waals surface area contributed by atoms with Crippen LogP contribution in [0.3, 0.4) is 0 Å². The molecule has 1 saturated carbocycles. The molecule has 4 unspecified atom stereocenters. The fraction of sp³-hybridized carbons (Fsp3) is 0.938. The molecule has 1 fully saturated rings. The molecule has 0 saturated heterocycles. The van der Waals surface area contributed by atoms with Crippen LogP contribution in [0.15, 0.2) is 0 Å². The molecule has 20 heavy (non-hydrogen) atoms. The molecular weight excluding hydrogens is 256 g/mol. The van der Waals surface area contributed by atoms with Gasteiger partial charge in [-0.1, -0.05) is 27.7 Å². The van der Waals surface area contributed by atoms with Crippen molar-refractivity contribution < 1.29 is 19.0 Å². The minimum atomic E-state index is -0.202. The summed E-state index contributed by atoms with van der Waals surface area (Å²) in [6, 6.07) is 0. The van der Waals surface area contributed by atoms with Crippen LogP contribution in [0.1, 0.15) is 54.9 Å². The van der Waals surface area contributed by atoms with Crippen molar-refractivity contribution in [2.75, 3.05) is 13.2 Å². The third-order valence-electron chi connectivity index (χ3n) is 5.24. The number of hydrogen-bond acceptors (Lipinski definition) is 4. The van der Waals surface area contributed by atoms with E-state index in [-0.39, 0.29) is 35.1 Å². The highest BCUT2D eigenvalue weighted by atomic mass is 16.7. The Balaban J connectivity index is 2.69. The fourth-order valence-electron chi connectivity index (χ4n) is 3.13. The number of esters is 1. The van der Waals surface area contributed by atoms with E-state index in [1.165, 1.54) is 0 Å². The number of carbonyl (C=O) groups excluding carboxylic acids is 1. The van der Waals surface area contributed by atoms with Crippen molar-refractivity contribution in [3.8, 4) is 0 Å². The molecular formula is C16H30O4. The van der Waals surface area contributed by atoms with Gasteiger partial charge in [0, 0.05) is 6.61 Å². The van der Waals surface area contributed by atoms with Crippen molar-refractivity contribution in [3.05, 3.63) is 0 Å². The molecule has 0 N–H and O–H groups in total. The van der Waals surface area contributed by atoms with Crippen molar-refractivity contribution in [1.29, 1.82) is 0 Å². The van der Waals surface area contributed by atoms with E-state index in [2.05, 4.69) is 20.8 Å². The van der Waals surface area contributed by atoms with Crippen molar-refractivity contribution in [2.45, 2.75) is 67.3 Å². The Morgan fingerprint density at radius 1 is 1.20 bits per heavy atom. The van der Waals surface area contributed by atoms with Gasteiger partial charge in [-0.2, -0.15) is 0 Å². The van der Waals surface area contributed by atoms with Gasteiger partial charge in [0.2, 0.25) is 0 Å². The van der Waals surface area contributed by atoms with Crippen molar-refractivity contribution in [1.82, 2.24) is 0 Å². The van der Waals surface area contributed by atoms with Gasteiger partial charge in [0.15, 0.2) is 6.29 Å². The third kappa shape index (κ3) is 3.01. The van der Waals surface area contributed by atoms with E-state index in [1.807, 2.05) is 27.7 Å². The summed E-state index contributed by atoms with van der Waals surface area (Å²) in [6.45, 7) is 15.2. The highest BCUT2D eigenvalue weighted by molar-refractivity contribution is 5.73. The molecule has 0 radical (unpaired) electrons. The lowest BCUT2D eigenvalue weighted by atomic mass is 9.46. The number of carbonyl (C=O) groups is 1. The average Bonchev–Trinajstić information content (AvgIpc) is 2.37. The SMILES string of the molecule is CCOC(=O)C(C)C1(C)CC(OC(C)OCC)C1(C)C.